The van der Waals surface area contributed by atoms with Gasteiger partial charge in [0.05, 0.1) is 0 Å². The van der Waals surface area contributed by atoms with Gasteiger partial charge in [0.1, 0.15) is 8.24 Å². The van der Waals surface area contributed by atoms with E-state index >= 15 is 0 Å². The third-order valence-corrected chi connectivity index (χ3v) is 13.0. The fourth-order valence-electron chi connectivity index (χ4n) is 3.01. The summed E-state index contributed by atoms with van der Waals surface area (Å²) >= 11 is 0. The summed E-state index contributed by atoms with van der Waals surface area (Å²) in [5.41, 5.74) is 4.32. The summed E-state index contributed by atoms with van der Waals surface area (Å²) in [6.45, 7) is 18.0. The molecule has 0 spiro atoms. The predicted octanol–water partition coefficient (Wildman–Crippen LogP) is 3.67. The van der Waals surface area contributed by atoms with Crippen LogP contribution in [0, 0.1) is 0 Å². The minimum Gasteiger partial charge on any atom is -0.388 e. The molecule has 6 heteroatoms. The van der Waals surface area contributed by atoms with Gasteiger partial charge in [-0.3, -0.25) is 0 Å². The van der Waals surface area contributed by atoms with Crippen LogP contribution in [0.4, 0.5) is 5.69 Å². The van der Waals surface area contributed by atoms with Gasteiger partial charge < -0.3 is 20.4 Å². The topological polar surface area (TPSA) is 81.3 Å². The van der Waals surface area contributed by atoms with Gasteiger partial charge in [0.25, 0.3) is 0 Å². The van der Waals surface area contributed by atoms with E-state index in [9.17, 15) is 0 Å². The van der Waals surface area contributed by atoms with Gasteiger partial charge in [-0.15, -0.1) is 0 Å². The van der Waals surface area contributed by atoms with Gasteiger partial charge in [-0.05, 0) is 28.5 Å². The van der Waals surface area contributed by atoms with Crippen LogP contribution in [0.1, 0.15) is 64.5 Å². The highest BCUT2D eigenvalue weighted by Crippen LogP contribution is 2.40. The largest absolute Gasteiger partial charge is 0.388 e. The van der Waals surface area contributed by atoms with Crippen molar-refractivity contribution >= 4 is 22.6 Å². The van der Waals surface area contributed by atoms with E-state index in [0.717, 1.165) is 0 Å². The number of nitrogens with zero attached hydrogens (tertiary/aromatic N) is 1. The molecule has 0 atom stereocenters. The number of anilines is 1. The lowest BCUT2D eigenvalue weighted by atomic mass is 9.93. The van der Waals surface area contributed by atoms with Gasteiger partial charge in [0.15, 0.2) is 0 Å². The first-order valence-corrected chi connectivity index (χ1v) is 13.8. The number of para-hydroxylation sites is 1. The van der Waals surface area contributed by atoms with Crippen LogP contribution in [0.15, 0.2) is 18.2 Å². The first-order chi connectivity index (χ1) is 10.3. The maximum Gasteiger partial charge on any atom is 0.383 e. The molecule has 0 radical (unpaired) electrons. The fourth-order valence-corrected chi connectivity index (χ4v) is 9.77. The molecule has 1 rings (SSSR count). The summed E-state index contributed by atoms with van der Waals surface area (Å²) in [5.74, 6) is 0.805. The normalized spacial score (nSPS) is 13.3. The Morgan fingerprint density at radius 2 is 1.22 bits per heavy atom. The molecule has 0 fully saturated rings. The molecule has 0 heterocycles. The molecule has 0 bridgehead atoms. The van der Waals surface area contributed by atoms with Gasteiger partial charge in [0.2, 0.25) is 0 Å². The molecular weight excluding hydrogens is 316 g/mol. The minimum absolute atomic E-state index is 0.402. The van der Waals surface area contributed by atoms with Crippen molar-refractivity contribution in [3.8, 4) is 0 Å². The van der Waals surface area contributed by atoms with Crippen molar-refractivity contribution in [2.75, 3.05) is 4.23 Å². The van der Waals surface area contributed by atoms with E-state index in [0.29, 0.717) is 17.4 Å². The predicted molar refractivity (Wildman–Crippen MR) is 108 cm³/mol. The van der Waals surface area contributed by atoms with Gasteiger partial charge in [0, 0.05) is 5.69 Å². The van der Waals surface area contributed by atoms with Gasteiger partial charge in [-0.2, -0.15) is 0 Å². The average Bonchev–Trinajstić information content (AvgIpc) is 2.36. The van der Waals surface area contributed by atoms with E-state index in [4.69, 9.17) is 16.2 Å². The van der Waals surface area contributed by atoms with Crippen molar-refractivity contribution in [3.63, 3.8) is 0 Å². The van der Waals surface area contributed by atoms with Crippen LogP contribution in [0.2, 0.25) is 18.6 Å². The highest BCUT2D eigenvalue weighted by Gasteiger charge is 2.45. The molecule has 23 heavy (non-hydrogen) atoms. The molecule has 132 valence electrons. The Labute approximate surface area is 144 Å². The second-order valence-electron chi connectivity index (χ2n) is 8.13. The lowest BCUT2D eigenvalue weighted by Crippen LogP contribution is -2.82. The smallest absolute Gasteiger partial charge is 0.383 e. The Hall–Kier alpha value is -0.666. The van der Waals surface area contributed by atoms with Crippen LogP contribution in [0.5, 0.6) is 0 Å². The molecule has 0 aromatic heterocycles. The summed E-state index contributed by atoms with van der Waals surface area (Å²) in [6.07, 6.45) is 0. The summed E-state index contributed by atoms with van der Waals surface area (Å²) in [5, 5.41) is 19.3. The van der Waals surface area contributed by atoms with Gasteiger partial charge in [-0.25, -0.2) is 0 Å². The Bertz CT molecular complexity index is 508. The zero-order valence-electron chi connectivity index (χ0n) is 16.1. The maximum atomic E-state index is 6.43. The zero-order valence-corrected chi connectivity index (χ0v) is 18.1. The molecule has 1 aromatic rings. The van der Waals surface area contributed by atoms with Crippen molar-refractivity contribution < 1.29 is 0 Å². The maximum absolute atomic E-state index is 6.43. The highest BCUT2D eigenvalue weighted by molar-refractivity contribution is 6.98. The molecular formula is C17H36N4Si2. The van der Waals surface area contributed by atoms with Crippen LogP contribution in [0.25, 0.3) is 0 Å². The summed E-state index contributed by atoms with van der Waals surface area (Å²) in [6, 6.07) is 6.54. The molecule has 0 unspecified atom stereocenters. The Morgan fingerprint density at radius 1 is 0.826 bits per heavy atom. The number of benzene rings is 1. The zero-order chi connectivity index (χ0) is 18.2. The van der Waals surface area contributed by atoms with E-state index in [1.807, 2.05) is 0 Å². The standard InChI is InChI=1S/C17H36N4Si2/c1-12(2)15-10-9-11-16(13(3)4)17(15)21(23(18,19)20)22(7,8)14(5)6/h9-14H,18-20H2,1-8H3. The van der Waals surface area contributed by atoms with Crippen molar-refractivity contribution in [3.05, 3.63) is 29.3 Å². The Kier molecular flexibility index (Phi) is 6.26. The third kappa shape index (κ3) is 4.25. The highest BCUT2D eigenvalue weighted by atomic mass is 28.4. The van der Waals surface area contributed by atoms with E-state index in [-0.39, 0.29) is 0 Å². The van der Waals surface area contributed by atoms with E-state index in [1.165, 1.54) is 16.8 Å². The number of nitrogens with two attached hydrogens (primary N) is 3. The second kappa shape index (κ2) is 7.07. The summed E-state index contributed by atoms with van der Waals surface area (Å²) < 4.78 is 2.30. The van der Waals surface area contributed by atoms with Crippen molar-refractivity contribution in [1.82, 2.24) is 0 Å². The molecule has 6 N–H and O–H groups in total. The van der Waals surface area contributed by atoms with Gasteiger partial charge in [-0.1, -0.05) is 72.8 Å². The molecule has 0 aliphatic heterocycles. The number of rotatable bonds is 6. The lowest BCUT2D eigenvalue weighted by molar-refractivity contribution is 0.831. The van der Waals surface area contributed by atoms with Crippen LogP contribution in [-0.2, 0) is 0 Å². The Morgan fingerprint density at radius 3 is 1.48 bits per heavy atom. The first-order valence-electron chi connectivity index (χ1n) is 8.61. The average molecular weight is 353 g/mol. The van der Waals surface area contributed by atoms with Crippen LogP contribution < -0.4 is 20.4 Å². The summed E-state index contributed by atoms with van der Waals surface area (Å²) in [4.78, 5) is 0. The van der Waals surface area contributed by atoms with E-state index in [1.54, 1.807) is 0 Å². The molecule has 0 aliphatic rings. The van der Waals surface area contributed by atoms with Crippen LogP contribution >= 0.6 is 0 Å². The molecule has 1 aromatic carbocycles. The molecule has 0 saturated heterocycles. The summed E-state index contributed by atoms with van der Waals surface area (Å²) in [7, 11) is -4.91. The minimum atomic E-state index is -2.99. The van der Waals surface area contributed by atoms with Crippen molar-refractivity contribution in [2.45, 2.75) is 72.0 Å². The van der Waals surface area contributed by atoms with E-state index in [2.05, 4.69) is 77.1 Å². The fraction of sp³-hybridized carbons (Fsp3) is 0.647. The first kappa shape index (κ1) is 20.4. The van der Waals surface area contributed by atoms with E-state index < -0.39 is 17.0 Å². The SMILES string of the molecule is CC(C)c1cccc(C(C)C)c1N([Si](N)(N)N)[Si](C)(C)C(C)C. The molecule has 4 nitrogen and oxygen atoms in total. The number of hydrogen-bond acceptors (Lipinski definition) is 4. The monoisotopic (exact) mass is 352 g/mol. The van der Waals surface area contributed by atoms with Crippen LogP contribution in [-0.4, -0.2) is 17.0 Å². The Balaban J connectivity index is 3.79. The quantitative estimate of drug-likeness (QED) is 0.682. The lowest BCUT2D eigenvalue weighted by Gasteiger charge is -2.49. The molecule has 0 saturated carbocycles. The van der Waals surface area contributed by atoms with Gasteiger partial charge >= 0.3 is 8.72 Å². The van der Waals surface area contributed by atoms with Crippen molar-refractivity contribution in [2.24, 2.45) is 16.2 Å². The second-order valence-corrected chi connectivity index (χ2v) is 15.7. The third-order valence-electron chi connectivity index (χ3n) is 4.94. The van der Waals surface area contributed by atoms with Crippen molar-refractivity contribution in [1.29, 1.82) is 0 Å². The number of hydrogen-bond donors (Lipinski definition) is 3. The molecule has 0 aliphatic carbocycles. The molecule has 0 amide bonds. The van der Waals surface area contributed by atoms with Crippen LogP contribution in [0.3, 0.4) is 0 Å².